The van der Waals surface area contributed by atoms with Crippen LogP contribution in [0.5, 0.6) is 5.75 Å². The Morgan fingerprint density at radius 2 is 2.09 bits per heavy atom. The van der Waals surface area contributed by atoms with E-state index in [-0.39, 0.29) is 0 Å². The lowest BCUT2D eigenvalue weighted by Gasteiger charge is -2.06. The summed E-state index contributed by atoms with van der Waals surface area (Å²) >= 11 is 0. The average molecular weight is 151 g/mol. The fourth-order valence-electron chi connectivity index (χ4n) is 1.03. The minimum Gasteiger partial charge on any atom is -0.496 e. The number of hydrogen-bond donors (Lipinski definition) is 1. The Kier molecular flexibility index (Phi) is 2.36. The van der Waals surface area contributed by atoms with Gasteiger partial charge in [0.25, 0.3) is 0 Å². The Bertz CT molecular complexity index is 245. The summed E-state index contributed by atoms with van der Waals surface area (Å²) in [6.07, 6.45) is 0. The number of nitrogens with one attached hydrogen (secondary N) is 1. The predicted molar refractivity (Wildman–Crippen MR) is 47.3 cm³/mol. The minimum absolute atomic E-state index is 0.934. The molecule has 2 heteroatoms. The molecule has 0 heterocycles. The largest absolute Gasteiger partial charge is 0.496 e. The molecule has 60 valence electrons. The van der Waals surface area contributed by atoms with Crippen LogP contribution in [0.15, 0.2) is 18.2 Å². The van der Waals surface area contributed by atoms with Crippen molar-refractivity contribution in [3.63, 3.8) is 0 Å². The van der Waals surface area contributed by atoms with Gasteiger partial charge in [-0.1, -0.05) is 0 Å². The molecule has 0 amide bonds. The number of ether oxygens (including phenoxy) is 1. The predicted octanol–water partition coefficient (Wildman–Crippen LogP) is 2.05. The van der Waals surface area contributed by atoms with Crippen LogP contribution < -0.4 is 10.1 Å². The number of aryl methyl sites for hydroxylation is 1. The lowest BCUT2D eigenvalue weighted by molar-refractivity contribution is 0.412. The smallest absolute Gasteiger partial charge is 0.121 e. The van der Waals surface area contributed by atoms with Gasteiger partial charge in [0.05, 0.1) is 7.11 Å². The van der Waals surface area contributed by atoms with Crippen molar-refractivity contribution in [2.45, 2.75) is 6.92 Å². The van der Waals surface area contributed by atoms with E-state index in [1.54, 1.807) is 7.11 Å². The molecule has 1 rings (SSSR count). The van der Waals surface area contributed by atoms with Crippen molar-refractivity contribution in [3.8, 4) is 5.75 Å². The standard InChI is InChI=1S/C9H13NO/c1-7-6-8(10-2)4-5-9(7)11-3/h4-6,10H,1-3H3. The van der Waals surface area contributed by atoms with Crippen molar-refractivity contribution < 1.29 is 4.74 Å². The summed E-state index contributed by atoms with van der Waals surface area (Å²) in [6.45, 7) is 2.03. The summed E-state index contributed by atoms with van der Waals surface area (Å²) in [4.78, 5) is 0. The minimum atomic E-state index is 0.934. The van der Waals surface area contributed by atoms with E-state index in [4.69, 9.17) is 4.74 Å². The Labute approximate surface area is 67.2 Å². The molecule has 0 saturated heterocycles. The highest BCUT2D eigenvalue weighted by molar-refractivity contribution is 5.50. The first-order chi connectivity index (χ1) is 5.27. The van der Waals surface area contributed by atoms with Gasteiger partial charge in [0.1, 0.15) is 5.75 Å². The third kappa shape index (κ3) is 1.64. The van der Waals surface area contributed by atoms with Crippen molar-refractivity contribution in [2.75, 3.05) is 19.5 Å². The molecule has 0 unspecified atom stereocenters. The van der Waals surface area contributed by atoms with Gasteiger partial charge in [0.2, 0.25) is 0 Å². The average Bonchev–Trinajstić information content (AvgIpc) is 2.04. The maximum atomic E-state index is 5.12. The Hall–Kier alpha value is -1.18. The summed E-state index contributed by atoms with van der Waals surface area (Å²) in [5.41, 5.74) is 2.27. The summed E-state index contributed by atoms with van der Waals surface area (Å²) in [6, 6.07) is 6.01. The van der Waals surface area contributed by atoms with E-state index < -0.39 is 0 Å². The molecule has 0 spiro atoms. The second kappa shape index (κ2) is 3.28. The highest BCUT2D eigenvalue weighted by atomic mass is 16.5. The maximum absolute atomic E-state index is 5.12. The maximum Gasteiger partial charge on any atom is 0.121 e. The highest BCUT2D eigenvalue weighted by Crippen LogP contribution is 2.20. The van der Waals surface area contributed by atoms with Gasteiger partial charge in [-0.25, -0.2) is 0 Å². The van der Waals surface area contributed by atoms with Crippen LogP contribution in [0.3, 0.4) is 0 Å². The molecule has 1 aromatic carbocycles. The van der Waals surface area contributed by atoms with Crippen LogP contribution in [-0.4, -0.2) is 14.2 Å². The van der Waals surface area contributed by atoms with E-state index >= 15 is 0 Å². The van der Waals surface area contributed by atoms with Crippen LogP contribution in [-0.2, 0) is 0 Å². The Morgan fingerprint density at radius 3 is 2.55 bits per heavy atom. The second-order valence-corrected chi connectivity index (χ2v) is 2.43. The number of benzene rings is 1. The second-order valence-electron chi connectivity index (χ2n) is 2.43. The molecular formula is C9H13NO. The van der Waals surface area contributed by atoms with Crippen LogP contribution in [0.2, 0.25) is 0 Å². The first kappa shape index (κ1) is 7.92. The third-order valence-corrected chi connectivity index (χ3v) is 1.68. The number of methoxy groups -OCH3 is 1. The lowest BCUT2D eigenvalue weighted by Crippen LogP contribution is -1.91. The van der Waals surface area contributed by atoms with E-state index in [0.29, 0.717) is 0 Å². The van der Waals surface area contributed by atoms with E-state index in [2.05, 4.69) is 11.4 Å². The Morgan fingerprint density at radius 1 is 1.36 bits per heavy atom. The summed E-state index contributed by atoms with van der Waals surface area (Å²) in [5.74, 6) is 0.934. The van der Waals surface area contributed by atoms with Gasteiger partial charge in [0, 0.05) is 12.7 Å². The quantitative estimate of drug-likeness (QED) is 0.698. The molecule has 0 radical (unpaired) electrons. The van der Waals surface area contributed by atoms with Gasteiger partial charge in [-0.3, -0.25) is 0 Å². The SMILES string of the molecule is CNc1ccc(OC)c(C)c1. The highest BCUT2D eigenvalue weighted by Gasteiger charge is 1.96. The molecule has 0 aliphatic carbocycles. The van der Waals surface area contributed by atoms with Crippen molar-refractivity contribution >= 4 is 5.69 Å². The van der Waals surface area contributed by atoms with Crippen molar-refractivity contribution in [1.82, 2.24) is 0 Å². The zero-order chi connectivity index (χ0) is 8.27. The molecule has 0 fully saturated rings. The van der Waals surface area contributed by atoms with Gasteiger partial charge in [-0.05, 0) is 30.7 Å². The molecule has 11 heavy (non-hydrogen) atoms. The van der Waals surface area contributed by atoms with Gasteiger partial charge < -0.3 is 10.1 Å². The summed E-state index contributed by atoms with van der Waals surface area (Å²) < 4.78 is 5.12. The van der Waals surface area contributed by atoms with Crippen molar-refractivity contribution in [3.05, 3.63) is 23.8 Å². The fourth-order valence-corrected chi connectivity index (χ4v) is 1.03. The first-order valence-electron chi connectivity index (χ1n) is 3.60. The molecule has 1 aromatic rings. The molecule has 0 aliphatic heterocycles. The van der Waals surface area contributed by atoms with Crippen LogP contribution in [0.25, 0.3) is 0 Å². The molecule has 0 saturated carbocycles. The van der Waals surface area contributed by atoms with Crippen LogP contribution in [0.4, 0.5) is 5.69 Å². The number of rotatable bonds is 2. The molecule has 1 N–H and O–H groups in total. The Balaban J connectivity index is 2.99. The number of anilines is 1. The molecule has 0 bridgehead atoms. The van der Waals surface area contributed by atoms with Gasteiger partial charge in [-0.15, -0.1) is 0 Å². The van der Waals surface area contributed by atoms with E-state index in [0.717, 1.165) is 17.0 Å². The van der Waals surface area contributed by atoms with Gasteiger partial charge >= 0.3 is 0 Å². The topological polar surface area (TPSA) is 21.3 Å². The summed E-state index contributed by atoms with van der Waals surface area (Å²) in [7, 11) is 3.59. The van der Waals surface area contributed by atoms with Gasteiger partial charge in [0.15, 0.2) is 0 Å². The van der Waals surface area contributed by atoms with Crippen LogP contribution in [0.1, 0.15) is 5.56 Å². The number of hydrogen-bond acceptors (Lipinski definition) is 2. The normalized spacial score (nSPS) is 9.36. The van der Waals surface area contributed by atoms with Crippen molar-refractivity contribution in [1.29, 1.82) is 0 Å². The molecular weight excluding hydrogens is 138 g/mol. The molecule has 0 aromatic heterocycles. The van der Waals surface area contributed by atoms with E-state index in [1.165, 1.54) is 0 Å². The van der Waals surface area contributed by atoms with Crippen molar-refractivity contribution in [2.24, 2.45) is 0 Å². The molecule has 2 nitrogen and oxygen atoms in total. The lowest BCUT2D eigenvalue weighted by atomic mass is 10.2. The van der Waals surface area contributed by atoms with E-state index in [1.807, 2.05) is 26.1 Å². The van der Waals surface area contributed by atoms with Gasteiger partial charge in [-0.2, -0.15) is 0 Å². The zero-order valence-electron chi connectivity index (χ0n) is 7.14. The monoisotopic (exact) mass is 151 g/mol. The fraction of sp³-hybridized carbons (Fsp3) is 0.333. The van der Waals surface area contributed by atoms with Crippen LogP contribution >= 0.6 is 0 Å². The van der Waals surface area contributed by atoms with Crippen LogP contribution in [0, 0.1) is 6.92 Å². The zero-order valence-corrected chi connectivity index (χ0v) is 7.14. The first-order valence-corrected chi connectivity index (χ1v) is 3.60. The summed E-state index contributed by atoms with van der Waals surface area (Å²) in [5, 5.41) is 3.06. The van der Waals surface area contributed by atoms with E-state index in [9.17, 15) is 0 Å². The third-order valence-electron chi connectivity index (χ3n) is 1.68. The molecule has 0 atom stereocenters. The molecule has 0 aliphatic rings.